The number of hydrogen-bond donors (Lipinski definition) is 1. The van der Waals surface area contributed by atoms with Gasteiger partial charge >= 0.3 is 0 Å². The number of amides is 1. The Hall–Kier alpha value is -3.48. The third-order valence-corrected chi connectivity index (χ3v) is 5.78. The van der Waals surface area contributed by atoms with Crippen LogP contribution in [0.25, 0.3) is 28.0 Å². The molecule has 4 aromatic rings. The molecule has 146 valence electrons. The predicted octanol–water partition coefficient (Wildman–Crippen LogP) is 3.54. The van der Waals surface area contributed by atoms with Gasteiger partial charge < -0.3 is 4.90 Å². The summed E-state index contributed by atoms with van der Waals surface area (Å²) in [5, 5.41) is 17.1. The van der Waals surface area contributed by atoms with Crippen LogP contribution < -0.4 is 0 Å². The Morgan fingerprint density at radius 3 is 2.59 bits per heavy atom. The number of para-hydroxylation sites is 1. The lowest BCUT2D eigenvalue weighted by Gasteiger charge is -2.31. The molecule has 7 heteroatoms. The van der Waals surface area contributed by atoms with E-state index in [2.05, 4.69) is 44.8 Å². The van der Waals surface area contributed by atoms with Crippen molar-refractivity contribution in [3.05, 3.63) is 60.3 Å². The molecule has 1 aliphatic rings. The molecule has 2 aromatic carbocycles. The highest BCUT2D eigenvalue weighted by molar-refractivity contribution is 5.91. The Balaban J connectivity index is 1.34. The van der Waals surface area contributed by atoms with Crippen molar-refractivity contribution in [1.82, 2.24) is 30.1 Å². The summed E-state index contributed by atoms with van der Waals surface area (Å²) < 4.78 is 1.78. The second kappa shape index (κ2) is 7.16. The fourth-order valence-corrected chi connectivity index (χ4v) is 4.08. The molecular formula is C22H22N6O. The van der Waals surface area contributed by atoms with E-state index in [1.165, 1.54) is 5.56 Å². The number of nitrogens with zero attached hydrogens (tertiary/aromatic N) is 5. The van der Waals surface area contributed by atoms with Gasteiger partial charge in [-0.05, 0) is 42.5 Å². The molecule has 1 aliphatic heterocycles. The average molecular weight is 386 g/mol. The smallest absolute Gasteiger partial charge is 0.219 e. The zero-order valence-corrected chi connectivity index (χ0v) is 16.2. The molecule has 0 saturated carbocycles. The van der Waals surface area contributed by atoms with E-state index in [1.54, 1.807) is 11.6 Å². The van der Waals surface area contributed by atoms with E-state index < -0.39 is 0 Å². The molecule has 1 amide bonds. The number of H-pyrrole nitrogens is 1. The van der Waals surface area contributed by atoms with Crippen LogP contribution in [0.2, 0.25) is 0 Å². The van der Waals surface area contributed by atoms with E-state index in [0.29, 0.717) is 5.92 Å². The number of benzene rings is 2. The maximum absolute atomic E-state index is 11.5. The summed E-state index contributed by atoms with van der Waals surface area (Å²) in [5.74, 6) is 0.673. The van der Waals surface area contributed by atoms with Gasteiger partial charge in [0.25, 0.3) is 0 Å². The number of aromatic nitrogens is 5. The third-order valence-electron chi connectivity index (χ3n) is 5.78. The molecule has 29 heavy (non-hydrogen) atoms. The largest absolute Gasteiger partial charge is 0.343 e. The van der Waals surface area contributed by atoms with Crippen molar-refractivity contribution >= 4 is 16.8 Å². The number of rotatable bonds is 3. The number of likely N-dealkylation sites (tertiary alicyclic amines) is 1. The SMILES string of the molecule is CC(=O)N1CCC(c2ccc(-n3cc(-c4n[nH]c5ccccc45)nn3)cc2)CC1. The number of fused-ring (bicyclic) bond motifs is 1. The van der Waals surface area contributed by atoms with Crippen LogP contribution in [0.1, 0.15) is 31.2 Å². The lowest BCUT2D eigenvalue weighted by molar-refractivity contribution is -0.129. The second-order valence-corrected chi connectivity index (χ2v) is 7.54. The first-order valence-electron chi connectivity index (χ1n) is 9.91. The normalized spacial score (nSPS) is 15.1. The summed E-state index contributed by atoms with van der Waals surface area (Å²) in [4.78, 5) is 13.4. The number of nitrogens with one attached hydrogen (secondary N) is 1. The van der Waals surface area contributed by atoms with Gasteiger partial charge in [-0.3, -0.25) is 9.89 Å². The Kier molecular flexibility index (Phi) is 4.35. The first-order chi connectivity index (χ1) is 14.2. The Bertz CT molecular complexity index is 1150. The van der Waals surface area contributed by atoms with Crippen LogP contribution in [0.3, 0.4) is 0 Å². The lowest BCUT2D eigenvalue weighted by Crippen LogP contribution is -2.36. The van der Waals surface area contributed by atoms with E-state index in [-0.39, 0.29) is 5.91 Å². The van der Waals surface area contributed by atoms with Crippen LogP contribution in [0.15, 0.2) is 54.7 Å². The van der Waals surface area contributed by atoms with Gasteiger partial charge in [0, 0.05) is 25.4 Å². The molecule has 0 spiro atoms. The molecule has 0 unspecified atom stereocenters. The van der Waals surface area contributed by atoms with E-state index in [1.807, 2.05) is 35.4 Å². The number of aromatic amines is 1. The highest BCUT2D eigenvalue weighted by atomic mass is 16.2. The molecule has 0 radical (unpaired) electrons. The van der Waals surface area contributed by atoms with Crippen molar-refractivity contribution < 1.29 is 4.79 Å². The minimum Gasteiger partial charge on any atom is -0.343 e. The maximum Gasteiger partial charge on any atom is 0.219 e. The van der Waals surface area contributed by atoms with Gasteiger partial charge in [-0.2, -0.15) is 5.10 Å². The van der Waals surface area contributed by atoms with Crippen LogP contribution in [-0.4, -0.2) is 49.1 Å². The van der Waals surface area contributed by atoms with Crippen molar-refractivity contribution in [3.8, 4) is 17.1 Å². The van der Waals surface area contributed by atoms with Gasteiger partial charge in [-0.25, -0.2) is 4.68 Å². The second-order valence-electron chi connectivity index (χ2n) is 7.54. The summed E-state index contributed by atoms with van der Waals surface area (Å²) in [5.41, 5.74) is 4.81. The molecule has 1 saturated heterocycles. The monoisotopic (exact) mass is 386 g/mol. The number of carbonyl (C=O) groups is 1. The quantitative estimate of drug-likeness (QED) is 0.584. The zero-order chi connectivity index (χ0) is 19.8. The van der Waals surface area contributed by atoms with Crippen molar-refractivity contribution in [1.29, 1.82) is 0 Å². The van der Waals surface area contributed by atoms with Crippen LogP contribution in [0, 0.1) is 0 Å². The number of piperidine rings is 1. The highest BCUT2D eigenvalue weighted by Crippen LogP contribution is 2.29. The molecule has 1 N–H and O–H groups in total. The molecule has 2 aromatic heterocycles. The standard InChI is InChI=1S/C22H22N6O/c1-15(29)27-12-10-17(11-13-27)16-6-8-18(9-7-16)28-14-21(24-26-28)22-19-4-2-3-5-20(19)23-25-22/h2-9,14,17H,10-13H2,1H3,(H,23,25). The first kappa shape index (κ1) is 17.6. The van der Waals surface area contributed by atoms with E-state index in [4.69, 9.17) is 0 Å². The lowest BCUT2D eigenvalue weighted by atomic mass is 9.89. The van der Waals surface area contributed by atoms with Gasteiger partial charge in [0.15, 0.2) is 0 Å². The molecule has 7 nitrogen and oxygen atoms in total. The molecule has 3 heterocycles. The minimum absolute atomic E-state index is 0.172. The molecular weight excluding hydrogens is 364 g/mol. The summed E-state index contributed by atoms with van der Waals surface area (Å²) >= 11 is 0. The topological polar surface area (TPSA) is 79.7 Å². The molecule has 0 atom stereocenters. The van der Waals surface area contributed by atoms with E-state index in [0.717, 1.165) is 53.9 Å². The van der Waals surface area contributed by atoms with Gasteiger partial charge in [-0.1, -0.05) is 35.5 Å². The predicted molar refractivity (Wildman–Crippen MR) is 111 cm³/mol. The van der Waals surface area contributed by atoms with Crippen molar-refractivity contribution in [2.45, 2.75) is 25.7 Å². The fourth-order valence-electron chi connectivity index (χ4n) is 4.08. The van der Waals surface area contributed by atoms with Crippen molar-refractivity contribution in [2.24, 2.45) is 0 Å². The first-order valence-corrected chi connectivity index (χ1v) is 9.91. The minimum atomic E-state index is 0.172. The zero-order valence-electron chi connectivity index (χ0n) is 16.2. The van der Waals surface area contributed by atoms with Crippen LogP contribution in [0.5, 0.6) is 0 Å². The highest BCUT2D eigenvalue weighted by Gasteiger charge is 2.22. The fraction of sp³-hybridized carbons (Fsp3) is 0.273. The molecule has 0 aliphatic carbocycles. The summed E-state index contributed by atoms with van der Waals surface area (Å²) in [6.07, 6.45) is 3.93. The Labute approximate surface area is 168 Å². The Morgan fingerprint density at radius 2 is 1.83 bits per heavy atom. The third kappa shape index (κ3) is 3.29. The van der Waals surface area contributed by atoms with Gasteiger partial charge in [0.05, 0.1) is 17.4 Å². The number of carbonyl (C=O) groups excluding carboxylic acids is 1. The maximum atomic E-state index is 11.5. The number of hydrogen-bond acceptors (Lipinski definition) is 4. The van der Waals surface area contributed by atoms with E-state index >= 15 is 0 Å². The van der Waals surface area contributed by atoms with Crippen LogP contribution in [-0.2, 0) is 4.79 Å². The Morgan fingerprint density at radius 1 is 1.07 bits per heavy atom. The van der Waals surface area contributed by atoms with Gasteiger partial charge in [-0.15, -0.1) is 5.10 Å². The van der Waals surface area contributed by atoms with E-state index in [9.17, 15) is 4.79 Å². The van der Waals surface area contributed by atoms with Gasteiger partial charge in [0.2, 0.25) is 5.91 Å². The summed E-state index contributed by atoms with van der Waals surface area (Å²) in [6.45, 7) is 3.32. The summed E-state index contributed by atoms with van der Waals surface area (Å²) in [7, 11) is 0. The summed E-state index contributed by atoms with van der Waals surface area (Å²) in [6, 6.07) is 16.5. The molecule has 1 fully saturated rings. The average Bonchev–Trinajstić information content (AvgIpc) is 3.41. The van der Waals surface area contributed by atoms with Crippen LogP contribution >= 0.6 is 0 Å². The van der Waals surface area contributed by atoms with Crippen molar-refractivity contribution in [2.75, 3.05) is 13.1 Å². The van der Waals surface area contributed by atoms with Gasteiger partial charge in [0.1, 0.15) is 11.4 Å². The molecule has 0 bridgehead atoms. The van der Waals surface area contributed by atoms with Crippen LogP contribution in [0.4, 0.5) is 0 Å². The van der Waals surface area contributed by atoms with Crippen molar-refractivity contribution in [3.63, 3.8) is 0 Å². The molecule has 5 rings (SSSR count).